The molecule has 6 nitrogen and oxygen atoms in total. The molecule has 0 aliphatic carbocycles. The third-order valence-corrected chi connectivity index (χ3v) is 2.77. The smallest absolute Gasteiger partial charge is 0.264 e. The molecule has 92 valence electrons. The Labute approximate surface area is 99.4 Å². The number of nitrogens with one attached hydrogen (secondary N) is 1. The van der Waals surface area contributed by atoms with Gasteiger partial charge < -0.3 is 5.32 Å². The van der Waals surface area contributed by atoms with E-state index in [1.807, 2.05) is 22.6 Å². The van der Waals surface area contributed by atoms with Gasteiger partial charge in [-0.2, -0.15) is 8.42 Å². The second-order valence-corrected chi connectivity index (χ2v) is 5.23. The Morgan fingerprint density at radius 3 is 2.88 bits per heavy atom. The molecule has 0 unspecified atom stereocenters. The normalized spacial score (nSPS) is 11.9. The molecule has 1 N–H and O–H groups in total. The summed E-state index contributed by atoms with van der Waals surface area (Å²) in [5.74, 6) is 0.876. The summed E-state index contributed by atoms with van der Waals surface area (Å²) in [6.45, 7) is -0.0519. The lowest BCUT2D eigenvalue weighted by atomic mass is 10.4. The van der Waals surface area contributed by atoms with Crippen LogP contribution in [0.3, 0.4) is 0 Å². The van der Waals surface area contributed by atoms with E-state index in [2.05, 4.69) is 10.3 Å². The van der Waals surface area contributed by atoms with Gasteiger partial charge in [-0.25, -0.2) is 4.98 Å². The number of anilines is 1. The Bertz CT molecular complexity index is 633. The molecule has 0 aromatic carbocycles. The fraction of sp³-hybridized carbons (Fsp3) is 0.300. The molecule has 0 saturated carbocycles. The van der Waals surface area contributed by atoms with Crippen LogP contribution in [0.1, 0.15) is 5.69 Å². The van der Waals surface area contributed by atoms with Gasteiger partial charge in [0.2, 0.25) is 0 Å². The van der Waals surface area contributed by atoms with Gasteiger partial charge in [0.25, 0.3) is 10.1 Å². The second kappa shape index (κ2) is 4.34. The van der Waals surface area contributed by atoms with Gasteiger partial charge in [0.05, 0.1) is 11.9 Å². The van der Waals surface area contributed by atoms with Crippen molar-refractivity contribution < 1.29 is 12.6 Å². The van der Waals surface area contributed by atoms with Crippen LogP contribution in [0.2, 0.25) is 0 Å². The van der Waals surface area contributed by atoms with Crippen LogP contribution in [-0.2, 0) is 20.9 Å². The van der Waals surface area contributed by atoms with Crippen molar-refractivity contribution in [3.8, 4) is 0 Å². The van der Waals surface area contributed by atoms with Crippen molar-refractivity contribution in [1.82, 2.24) is 9.38 Å². The molecule has 0 atom stereocenters. The van der Waals surface area contributed by atoms with Crippen molar-refractivity contribution in [2.45, 2.75) is 6.61 Å². The minimum atomic E-state index is -3.44. The van der Waals surface area contributed by atoms with E-state index < -0.39 is 10.1 Å². The number of pyridine rings is 1. The molecule has 0 aliphatic heterocycles. The van der Waals surface area contributed by atoms with Gasteiger partial charge >= 0.3 is 0 Å². The van der Waals surface area contributed by atoms with E-state index in [1.165, 1.54) is 0 Å². The Hall–Kier alpha value is -1.60. The van der Waals surface area contributed by atoms with E-state index in [-0.39, 0.29) is 6.61 Å². The van der Waals surface area contributed by atoms with E-state index >= 15 is 0 Å². The van der Waals surface area contributed by atoms with Crippen molar-refractivity contribution in [2.75, 3.05) is 18.6 Å². The molecule has 2 aromatic heterocycles. The van der Waals surface area contributed by atoms with Crippen molar-refractivity contribution in [3.05, 3.63) is 30.1 Å². The van der Waals surface area contributed by atoms with Crippen LogP contribution in [0.15, 0.2) is 24.4 Å². The SMILES string of the molecule is CNc1cccc2nc(COS(C)(=O)=O)cn12. The first-order valence-electron chi connectivity index (χ1n) is 4.99. The number of aromatic nitrogens is 2. The molecule has 0 bridgehead atoms. The average molecular weight is 255 g/mol. The van der Waals surface area contributed by atoms with Gasteiger partial charge in [0, 0.05) is 13.2 Å². The Morgan fingerprint density at radius 2 is 2.24 bits per heavy atom. The lowest BCUT2D eigenvalue weighted by molar-refractivity contribution is 0.308. The van der Waals surface area contributed by atoms with E-state index in [1.54, 1.807) is 13.2 Å². The zero-order chi connectivity index (χ0) is 12.5. The fourth-order valence-electron chi connectivity index (χ4n) is 1.50. The second-order valence-electron chi connectivity index (χ2n) is 3.59. The van der Waals surface area contributed by atoms with Crippen LogP contribution in [0.5, 0.6) is 0 Å². The number of fused-ring (bicyclic) bond motifs is 1. The van der Waals surface area contributed by atoms with Crippen molar-refractivity contribution in [2.24, 2.45) is 0 Å². The summed E-state index contributed by atoms with van der Waals surface area (Å²) >= 11 is 0. The molecule has 0 spiro atoms. The molecule has 17 heavy (non-hydrogen) atoms. The van der Waals surface area contributed by atoms with Crippen LogP contribution < -0.4 is 5.32 Å². The first kappa shape index (κ1) is 11.9. The molecule has 0 aliphatic rings. The maximum atomic E-state index is 10.9. The highest BCUT2D eigenvalue weighted by Gasteiger charge is 2.07. The first-order valence-corrected chi connectivity index (χ1v) is 6.80. The summed E-state index contributed by atoms with van der Waals surface area (Å²) in [4.78, 5) is 4.26. The highest BCUT2D eigenvalue weighted by Crippen LogP contribution is 2.13. The predicted octanol–water partition coefficient (Wildman–Crippen LogP) is 0.852. The standard InChI is InChI=1S/C10H13N3O3S/c1-11-9-4-3-5-10-12-8(6-13(9)10)7-16-17(2,14)15/h3-6,11H,7H2,1-2H3. The molecule has 0 fully saturated rings. The Morgan fingerprint density at radius 1 is 1.47 bits per heavy atom. The third kappa shape index (κ3) is 2.75. The molecule has 2 heterocycles. The first-order chi connectivity index (χ1) is 7.99. The topological polar surface area (TPSA) is 72.7 Å². The molecule has 2 rings (SSSR count). The fourth-order valence-corrected chi connectivity index (χ4v) is 1.84. The predicted molar refractivity (Wildman–Crippen MR) is 64.4 cm³/mol. The maximum Gasteiger partial charge on any atom is 0.264 e. The van der Waals surface area contributed by atoms with E-state index in [0.717, 1.165) is 17.7 Å². The average Bonchev–Trinajstić information content (AvgIpc) is 2.67. The summed E-state index contributed by atoms with van der Waals surface area (Å²) in [5.41, 5.74) is 1.31. The largest absolute Gasteiger partial charge is 0.374 e. The zero-order valence-electron chi connectivity index (χ0n) is 9.54. The summed E-state index contributed by atoms with van der Waals surface area (Å²) in [6, 6.07) is 5.61. The molecule has 0 radical (unpaired) electrons. The lowest BCUT2D eigenvalue weighted by Crippen LogP contribution is -2.02. The highest BCUT2D eigenvalue weighted by molar-refractivity contribution is 7.85. The summed E-state index contributed by atoms with van der Waals surface area (Å²) in [5, 5.41) is 3.02. The van der Waals surface area contributed by atoms with Crippen molar-refractivity contribution in [3.63, 3.8) is 0 Å². The number of hydrogen-bond acceptors (Lipinski definition) is 5. The monoisotopic (exact) mass is 255 g/mol. The number of hydrogen-bond donors (Lipinski definition) is 1. The Kier molecular flexibility index (Phi) is 3.03. The molecular weight excluding hydrogens is 242 g/mol. The van der Waals surface area contributed by atoms with E-state index in [0.29, 0.717) is 5.69 Å². The quantitative estimate of drug-likeness (QED) is 0.820. The number of imidazole rings is 1. The summed E-state index contributed by atoms with van der Waals surface area (Å²) < 4.78 is 28.3. The summed E-state index contributed by atoms with van der Waals surface area (Å²) in [6.07, 6.45) is 2.76. The van der Waals surface area contributed by atoms with Crippen molar-refractivity contribution in [1.29, 1.82) is 0 Å². The van der Waals surface area contributed by atoms with E-state index in [4.69, 9.17) is 4.18 Å². The van der Waals surface area contributed by atoms with Gasteiger partial charge in [0.1, 0.15) is 18.1 Å². The molecule has 0 saturated heterocycles. The van der Waals surface area contributed by atoms with Gasteiger partial charge in [-0.15, -0.1) is 0 Å². The molecular formula is C10H13N3O3S. The summed E-state index contributed by atoms with van der Waals surface area (Å²) in [7, 11) is -1.63. The number of nitrogens with zero attached hydrogens (tertiary/aromatic N) is 2. The zero-order valence-corrected chi connectivity index (χ0v) is 10.4. The molecule has 2 aromatic rings. The minimum Gasteiger partial charge on any atom is -0.374 e. The van der Waals surface area contributed by atoms with Crippen molar-refractivity contribution >= 4 is 21.6 Å². The van der Waals surface area contributed by atoms with Gasteiger partial charge in [-0.3, -0.25) is 8.58 Å². The van der Waals surface area contributed by atoms with Crippen LogP contribution >= 0.6 is 0 Å². The van der Waals surface area contributed by atoms with Crippen LogP contribution in [0.25, 0.3) is 5.65 Å². The number of rotatable bonds is 4. The van der Waals surface area contributed by atoms with Gasteiger partial charge in [-0.05, 0) is 12.1 Å². The Balaban J connectivity index is 2.32. The minimum absolute atomic E-state index is 0.0519. The molecule has 0 amide bonds. The maximum absolute atomic E-state index is 10.9. The van der Waals surface area contributed by atoms with Crippen LogP contribution in [0.4, 0.5) is 5.82 Å². The van der Waals surface area contributed by atoms with Gasteiger partial charge in [0.15, 0.2) is 0 Å². The van der Waals surface area contributed by atoms with Crippen LogP contribution in [-0.4, -0.2) is 31.1 Å². The third-order valence-electron chi connectivity index (χ3n) is 2.22. The van der Waals surface area contributed by atoms with Crippen LogP contribution in [0, 0.1) is 0 Å². The molecule has 7 heteroatoms. The highest BCUT2D eigenvalue weighted by atomic mass is 32.2. The van der Waals surface area contributed by atoms with E-state index in [9.17, 15) is 8.42 Å². The van der Waals surface area contributed by atoms with Gasteiger partial charge in [-0.1, -0.05) is 6.07 Å². The lowest BCUT2D eigenvalue weighted by Gasteiger charge is -2.02.